The highest BCUT2D eigenvalue weighted by Crippen LogP contribution is 2.07. The zero-order valence-corrected chi connectivity index (χ0v) is 11.3. The lowest BCUT2D eigenvalue weighted by molar-refractivity contribution is 0.139. The predicted molar refractivity (Wildman–Crippen MR) is 74.5 cm³/mol. The van der Waals surface area contributed by atoms with Gasteiger partial charge in [-0.2, -0.15) is 0 Å². The Morgan fingerprint density at radius 1 is 1.00 bits per heavy atom. The normalized spacial score (nSPS) is 10.6. The number of nitrogens with one attached hydrogen (secondary N) is 1. The van der Waals surface area contributed by atoms with Gasteiger partial charge in [-0.3, -0.25) is 0 Å². The zero-order chi connectivity index (χ0) is 13.1. The van der Waals surface area contributed by atoms with E-state index in [0.29, 0.717) is 6.61 Å². The smallest absolute Gasteiger partial charge is 0.123 e. The molecule has 0 unspecified atom stereocenters. The number of benzene rings is 1. The van der Waals surface area contributed by atoms with Crippen LogP contribution < -0.4 is 5.32 Å². The first-order valence-electron chi connectivity index (χ1n) is 6.90. The van der Waals surface area contributed by atoms with Crippen molar-refractivity contribution in [3.8, 4) is 0 Å². The fourth-order valence-corrected chi connectivity index (χ4v) is 1.75. The summed E-state index contributed by atoms with van der Waals surface area (Å²) >= 11 is 0. The Balaban J connectivity index is 1.91. The van der Waals surface area contributed by atoms with Crippen LogP contribution in [-0.4, -0.2) is 19.8 Å². The molecule has 0 heterocycles. The highest BCUT2D eigenvalue weighted by atomic mass is 19.1. The summed E-state index contributed by atoms with van der Waals surface area (Å²) in [4.78, 5) is 0. The van der Waals surface area contributed by atoms with E-state index in [2.05, 4.69) is 12.2 Å². The quantitative estimate of drug-likeness (QED) is 0.630. The molecular weight excluding hydrogens is 229 g/mol. The molecular formula is C15H24FNO. The molecule has 0 aromatic heterocycles. The van der Waals surface area contributed by atoms with Crippen LogP contribution in [0.1, 0.15) is 39.0 Å². The SMILES string of the molecule is CCCCCCCOCCNc1ccc(F)cc1. The summed E-state index contributed by atoms with van der Waals surface area (Å²) in [6.45, 7) is 4.53. The van der Waals surface area contributed by atoms with E-state index in [1.807, 2.05) is 0 Å². The van der Waals surface area contributed by atoms with Gasteiger partial charge in [0.15, 0.2) is 0 Å². The van der Waals surface area contributed by atoms with Crippen LogP contribution in [0.15, 0.2) is 24.3 Å². The molecule has 0 fully saturated rings. The summed E-state index contributed by atoms with van der Waals surface area (Å²) in [6.07, 6.45) is 6.33. The van der Waals surface area contributed by atoms with Crippen molar-refractivity contribution in [1.29, 1.82) is 0 Å². The number of halogens is 1. The maximum atomic E-state index is 12.7. The first-order valence-corrected chi connectivity index (χ1v) is 6.90. The molecule has 1 aromatic rings. The van der Waals surface area contributed by atoms with Crippen LogP contribution in [0.4, 0.5) is 10.1 Å². The number of anilines is 1. The van der Waals surface area contributed by atoms with Gasteiger partial charge in [-0.05, 0) is 30.7 Å². The Bertz CT molecular complexity index is 300. The summed E-state index contributed by atoms with van der Waals surface area (Å²) in [7, 11) is 0. The molecule has 1 N–H and O–H groups in total. The average Bonchev–Trinajstić information content (AvgIpc) is 2.39. The van der Waals surface area contributed by atoms with Crippen LogP contribution in [0, 0.1) is 5.82 Å². The van der Waals surface area contributed by atoms with Crippen LogP contribution in [0.25, 0.3) is 0 Å². The molecule has 0 saturated heterocycles. The fourth-order valence-electron chi connectivity index (χ4n) is 1.75. The van der Waals surface area contributed by atoms with Crippen molar-refractivity contribution in [2.45, 2.75) is 39.0 Å². The molecule has 1 rings (SSSR count). The van der Waals surface area contributed by atoms with E-state index in [4.69, 9.17) is 4.74 Å². The van der Waals surface area contributed by atoms with Gasteiger partial charge in [0.25, 0.3) is 0 Å². The van der Waals surface area contributed by atoms with Crippen molar-refractivity contribution in [2.75, 3.05) is 25.1 Å². The second-order valence-corrected chi connectivity index (χ2v) is 4.46. The second-order valence-electron chi connectivity index (χ2n) is 4.46. The van der Waals surface area contributed by atoms with Crippen molar-refractivity contribution >= 4 is 5.69 Å². The van der Waals surface area contributed by atoms with Crippen molar-refractivity contribution < 1.29 is 9.13 Å². The van der Waals surface area contributed by atoms with Gasteiger partial charge < -0.3 is 10.1 Å². The third-order valence-corrected chi connectivity index (χ3v) is 2.81. The fraction of sp³-hybridized carbons (Fsp3) is 0.600. The molecule has 102 valence electrons. The minimum Gasteiger partial charge on any atom is -0.383 e. The molecule has 0 radical (unpaired) electrons. The standard InChI is InChI=1S/C15H24FNO/c1-2-3-4-5-6-12-18-13-11-17-15-9-7-14(16)8-10-15/h7-10,17H,2-6,11-13H2,1H3. The van der Waals surface area contributed by atoms with Gasteiger partial charge >= 0.3 is 0 Å². The third-order valence-electron chi connectivity index (χ3n) is 2.81. The van der Waals surface area contributed by atoms with Gasteiger partial charge in [-0.25, -0.2) is 4.39 Å². The molecule has 0 saturated carbocycles. The lowest BCUT2D eigenvalue weighted by Gasteiger charge is -2.07. The molecule has 0 aliphatic heterocycles. The minimum atomic E-state index is -0.205. The third kappa shape index (κ3) is 7.28. The lowest BCUT2D eigenvalue weighted by atomic mass is 10.2. The summed E-state index contributed by atoms with van der Waals surface area (Å²) in [5.74, 6) is -0.205. The number of hydrogen-bond donors (Lipinski definition) is 1. The van der Waals surface area contributed by atoms with Crippen molar-refractivity contribution in [2.24, 2.45) is 0 Å². The van der Waals surface area contributed by atoms with Crippen molar-refractivity contribution in [3.05, 3.63) is 30.1 Å². The van der Waals surface area contributed by atoms with Crippen LogP contribution in [0.5, 0.6) is 0 Å². The molecule has 0 aliphatic rings. The summed E-state index contributed by atoms with van der Waals surface area (Å²) in [5.41, 5.74) is 0.933. The Hall–Kier alpha value is -1.09. The molecule has 2 nitrogen and oxygen atoms in total. The Kier molecular flexibility index (Phi) is 8.23. The first-order chi connectivity index (χ1) is 8.83. The highest BCUT2D eigenvalue weighted by Gasteiger charge is 1.93. The highest BCUT2D eigenvalue weighted by molar-refractivity contribution is 5.42. The molecule has 18 heavy (non-hydrogen) atoms. The van der Waals surface area contributed by atoms with Crippen LogP contribution in [0.3, 0.4) is 0 Å². The second kappa shape index (κ2) is 9.89. The van der Waals surface area contributed by atoms with Crippen molar-refractivity contribution in [3.63, 3.8) is 0 Å². The Morgan fingerprint density at radius 3 is 2.44 bits per heavy atom. The van der Waals surface area contributed by atoms with Gasteiger partial charge in [0.1, 0.15) is 5.82 Å². The number of unbranched alkanes of at least 4 members (excludes halogenated alkanes) is 4. The van der Waals surface area contributed by atoms with Crippen LogP contribution >= 0.6 is 0 Å². The van der Waals surface area contributed by atoms with Gasteiger partial charge in [0, 0.05) is 18.8 Å². The van der Waals surface area contributed by atoms with E-state index in [9.17, 15) is 4.39 Å². The van der Waals surface area contributed by atoms with Crippen LogP contribution in [0.2, 0.25) is 0 Å². The minimum absolute atomic E-state index is 0.205. The Labute approximate surface area is 110 Å². The van der Waals surface area contributed by atoms with E-state index in [0.717, 1.165) is 25.3 Å². The maximum absolute atomic E-state index is 12.7. The van der Waals surface area contributed by atoms with Crippen LogP contribution in [-0.2, 0) is 4.74 Å². The largest absolute Gasteiger partial charge is 0.383 e. The molecule has 0 aliphatic carbocycles. The zero-order valence-electron chi connectivity index (χ0n) is 11.3. The topological polar surface area (TPSA) is 21.3 Å². The van der Waals surface area contributed by atoms with E-state index in [-0.39, 0.29) is 5.82 Å². The van der Waals surface area contributed by atoms with Gasteiger partial charge in [0.05, 0.1) is 6.61 Å². The Morgan fingerprint density at radius 2 is 1.72 bits per heavy atom. The van der Waals surface area contributed by atoms with Gasteiger partial charge in [0.2, 0.25) is 0 Å². The molecule has 3 heteroatoms. The summed E-state index contributed by atoms with van der Waals surface area (Å²) in [6, 6.07) is 6.38. The van der Waals surface area contributed by atoms with Gasteiger partial charge in [-0.1, -0.05) is 32.6 Å². The molecule has 0 amide bonds. The van der Waals surface area contributed by atoms with E-state index in [1.54, 1.807) is 12.1 Å². The van der Waals surface area contributed by atoms with Crippen molar-refractivity contribution in [1.82, 2.24) is 0 Å². The average molecular weight is 253 g/mol. The predicted octanol–water partition coefficient (Wildman–Crippen LogP) is 4.22. The summed E-state index contributed by atoms with van der Waals surface area (Å²) in [5, 5.41) is 3.19. The molecule has 1 aromatic carbocycles. The number of rotatable bonds is 10. The van der Waals surface area contributed by atoms with E-state index >= 15 is 0 Å². The van der Waals surface area contributed by atoms with Gasteiger partial charge in [-0.15, -0.1) is 0 Å². The van der Waals surface area contributed by atoms with E-state index in [1.165, 1.54) is 37.8 Å². The number of ether oxygens (including phenoxy) is 1. The maximum Gasteiger partial charge on any atom is 0.123 e. The first kappa shape index (κ1) is 15.0. The molecule has 0 atom stereocenters. The lowest BCUT2D eigenvalue weighted by Crippen LogP contribution is -2.09. The monoisotopic (exact) mass is 253 g/mol. The molecule has 0 bridgehead atoms. The molecule has 0 spiro atoms. The summed E-state index contributed by atoms with van der Waals surface area (Å²) < 4.78 is 18.2. The number of hydrogen-bond acceptors (Lipinski definition) is 2. The van der Waals surface area contributed by atoms with E-state index < -0.39 is 0 Å².